The lowest BCUT2D eigenvalue weighted by molar-refractivity contribution is -0.155. The smallest absolute Gasteiger partial charge is 0.248 e. The summed E-state index contributed by atoms with van der Waals surface area (Å²) < 4.78 is 33.6. The number of nitriles is 1. The summed E-state index contributed by atoms with van der Waals surface area (Å²) in [4.78, 5) is 25.5. The molecule has 2 unspecified atom stereocenters. The van der Waals surface area contributed by atoms with E-state index in [0.29, 0.717) is 37.4 Å². The molecule has 0 radical (unpaired) electrons. The van der Waals surface area contributed by atoms with Crippen LogP contribution < -0.4 is 4.90 Å². The van der Waals surface area contributed by atoms with Crippen LogP contribution in [0.5, 0.6) is 0 Å². The monoisotopic (exact) mass is 453 g/mol. The number of ether oxygens (including phenoxy) is 1. The molecule has 4 heterocycles. The normalized spacial score (nSPS) is 25.5. The maximum atomic E-state index is 14.3. The number of fused-ring (bicyclic) bond motifs is 2. The topological polar surface area (TPSA) is 82.4 Å². The van der Waals surface area contributed by atoms with E-state index in [1.54, 1.807) is 12.3 Å². The number of hydrogen-bond acceptors (Lipinski definition) is 6. The third-order valence-electron chi connectivity index (χ3n) is 7.26. The van der Waals surface area contributed by atoms with Gasteiger partial charge in [0.05, 0.1) is 17.8 Å². The van der Waals surface area contributed by atoms with E-state index >= 15 is 0 Å². The van der Waals surface area contributed by atoms with Crippen LogP contribution in [0.4, 0.5) is 14.6 Å². The summed E-state index contributed by atoms with van der Waals surface area (Å²) in [6.07, 6.45) is 5.45. The number of rotatable bonds is 5. The average molecular weight is 453 g/mol. The molecule has 2 saturated heterocycles. The second-order valence-corrected chi connectivity index (χ2v) is 9.28. The molecule has 33 heavy (non-hydrogen) atoms. The van der Waals surface area contributed by atoms with E-state index in [1.165, 1.54) is 0 Å². The number of pyridine rings is 2. The van der Waals surface area contributed by atoms with Gasteiger partial charge in [0.15, 0.2) is 5.82 Å². The van der Waals surface area contributed by atoms with E-state index in [-0.39, 0.29) is 30.3 Å². The van der Waals surface area contributed by atoms with Gasteiger partial charge in [-0.2, -0.15) is 5.26 Å². The number of carbonyl (C=O) groups is 1. The Bertz CT molecular complexity index is 1100. The largest absolute Gasteiger partial charge is 0.359 e. The van der Waals surface area contributed by atoms with Crippen molar-refractivity contribution in [2.45, 2.75) is 50.3 Å². The highest BCUT2D eigenvalue weighted by atomic mass is 19.1. The quantitative estimate of drug-likeness (QED) is 0.692. The minimum Gasteiger partial charge on any atom is -0.359 e. The fraction of sp³-hybridized carbons (Fsp3) is 0.500. The fourth-order valence-electron chi connectivity index (χ4n) is 5.38. The molecule has 0 aromatic carbocycles. The Morgan fingerprint density at radius 3 is 2.70 bits per heavy atom. The minimum atomic E-state index is -0.964. The second kappa shape index (κ2) is 8.34. The zero-order chi connectivity index (χ0) is 23.2. The number of nitrogens with zero attached hydrogens (tertiary/aromatic N) is 5. The van der Waals surface area contributed by atoms with E-state index in [4.69, 9.17) is 10.00 Å². The number of carbonyl (C=O) groups excluding carboxylic acids is 1. The number of amides is 1. The van der Waals surface area contributed by atoms with Gasteiger partial charge in [0.1, 0.15) is 35.6 Å². The molecule has 3 aliphatic rings. The molecule has 3 fully saturated rings. The van der Waals surface area contributed by atoms with Crippen molar-refractivity contribution in [2.24, 2.45) is 5.92 Å². The van der Waals surface area contributed by atoms with Crippen molar-refractivity contribution in [3.63, 3.8) is 0 Å². The number of hydrogen-bond donors (Lipinski definition) is 0. The molecule has 2 aliphatic heterocycles. The molecule has 1 amide bonds. The van der Waals surface area contributed by atoms with Gasteiger partial charge in [-0.1, -0.05) is 6.92 Å². The SMILES string of the molecule is C[C@H]1CC2CN(C(=O)COC3(c4ncc(F)cc4F)CCC3)CC1N2c1ccc(C#N)cn1. The molecule has 0 N–H and O–H groups in total. The van der Waals surface area contributed by atoms with Gasteiger partial charge in [0, 0.05) is 31.4 Å². The van der Waals surface area contributed by atoms with Crippen LogP contribution in [0.1, 0.15) is 43.9 Å². The molecular formula is C24H25F2N5O2. The van der Waals surface area contributed by atoms with E-state index < -0.39 is 17.2 Å². The number of piperazine rings is 1. The molecule has 5 rings (SSSR count). The minimum absolute atomic E-state index is 0.0772. The third kappa shape index (κ3) is 3.82. The molecule has 172 valence electrons. The lowest BCUT2D eigenvalue weighted by atomic mass is 9.77. The van der Waals surface area contributed by atoms with Crippen LogP contribution in [-0.2, 0) is 15.1 Å². The van der Waals surface area contributed by atoms with Gasteiger partial charge < -0.3 is 14.5 Å². The molecular weight excluding hydrogens is 428 g/mol. The average Bonchev–Trinajstić information content (AvgIpc) is 2.97. The van der Waals surface area contributed by atoms with Crippen LogP contribution in [0.15, 0.2) is 30.6 Å². The zero-order valence-electron chi connectivity index (χ0n) is 18.4. The predicted molar refractivity (Wildman–Crippen MR) is 115 cm³/mol. The molecule has 1 aliphatic carbocycles. The standard InChI is InChI=1S/C24H25F2N5O2/c1-15-7-18-12-30(13-20(15)31(18)21-4-3-16(9-27)10-28-21)22(32)14-33-24(5-2-6-24)23-19(26)8-17(25)11-29-23/h3-4,8,10-11,15,18,20H,2,5-7,12-14H2,1H3/t15-,18?,20?/m0/s1. The summed E-state index contributed by atoms with van der Waals surface area (Å²) in [5.74, 6) is -0.400. The lowest BCUT2D eigenvalue weighted by Gasteiger charge is -2.44. The summed E-state index contributed by atoms with van der Waals surface area (Å²) in [5.41, 5.74) is -0.371. The van der Waals surface area contributed by atoms with Gasteiger partial charge in [-0.15, -0.1) is 0 Å². The van der Waals surface area contributed by atoms with Crippen LogP contribution in [0.25, 0.3) is 0 Å². The number of anilines is 1. The third-order valence-corrected chi connectivity index (χ3v) is 7.26. The van der Waals surface area contributed by atoms with Gasteiger partial charge in [-0.25, -0.2) is 13.8 Å². The van der Waals surface area contributed by atoms with Crippen LogP contribution in [0, 0.1) is 28.9 Å². The van der Waals surface area contributed by atoms with E-state index in [2.05, 4.69) is 27.9 Å². The summed E-state index contributed by atoms with van der Waals surface area (Å²) in [6, 6.07) is 6.78. The number of aromatic nitrogens is 2. The summed E-state index contributed by atoms with van der Waals surface area (Å²) in [6.45, 7) is 3.12. The number of likely N-dealkylation sites (tertiary alicyclic amines) is 1. The molecule has 2 bridgehead atoms. The van der Waals surface area contributed by atoms with Gasteiger partial charge in [0.2, 0.25) is 5.91 Å². The highest BCUT2D eigenvalue weighted by Gasteiger charge is 2.47. The van der Waals surface area contributed by atoms with Gasteiger partial charge in [0.25, 0.3) is 0 Å². The molecule has 3 atom stereocenters. The maximum absolute atomic E-state index is 14.3. The van der Waals surface area contributed by atoms with Crippen LogP contribution in [-0.4, -0.2) is 52.6 Å². The first-order valence-corrected chi connectivity index (χ1v) is 11.3. The van der Waals surface area contributed by atoms with Crippen molar-refractivity contribution in [3.05, 3.63) is 53.5 Å². The molecule has 1 saturated carbocycles. The van der Waals surface area contributed by atoms with E-state index in [1.807, 2.05) is 11.0 Å². The van der Waals surface area contributed by atoms with Crippen molar-refractivity contribution in [2.75, 3.05) is 24.6 Å². The van der Waals surface area contributed by atoms with Crippen molar-refractivity contribution in [1.82, 2.24) is 14.9 Å². The first kappa shape index (κ1) is 21.7. The second-order valence-electron chi connectivity index (χ2n) is 9.28. The van der Waals surface area contributed by atoms with Crippen LogP contribution >= 0.6 is 0 Å². The molecule has 7 nitrogen and oxygen atoms in total. The highest BCUT2D eigenvalue weighted by molar-refractivity contribution is 5.78. The summed E-state index contributed by atoms with van der Waals surface area (Å²) >= 11 is 0. The molecule has 2 aromatic heterocycles. The van der Waals surface area contributed by atoms with Crippen LogP contribution in [0.2, 0.25) is 0 Å². The Morgan fingerprint density at radius 2 is 2.09 bits per heavy atom. The Hall–Kier alpha value is -3.12. The van der Waals surface area contributed by atoms with Crippen LogP contribution in [0.3, 0.4) is 0 Å². The highest BCUT2D eigenvalue weighted by Crippen LogP contribution is 2.45. The summed E-state index contributed by atoms with van der Waals surface area (Å²) in [7, 11) is 0. The zero-order valence-corrected chi connectivity index (χ0v) is 18.4. The van der Waals surface area contributed by atoms with E-state index in [9.17, 15) is 13.6 Å². The Morgan fingerprint density at radius 1 is 1.27 bits per heavy atom. The summed E-state index contributed by atoms with van der Waals surface area (Å²) in [5, 5.41) is 9.02. The van der Waals surface area contributed by atoms with Crippen molar-refractivity contribution >= 4 is 11.7 Å². The first-order valence-electron chi connectivity index (χ1n) is 11.3. The van der Waals surface area contributed by atoms with Gasteiger partial charge in [-0.3, -0.25) is 9.78 Å². The Labute approximate surface area is 191 Å². The first-order chi connectivity index (χ1) is 15.9. The molecule has 9 heteroatoms. The molecule has 0 spiro atoms. The Balaban J connectivity index is 1.26. The van der Waals surface area contributed by atoms with E-state index in [0.717, 1.165) is 30.9 Å². The van der Waals surface area contributed by atoms with Crippen molar-refractivity contribution in [3.8, 4) is 6.07 Å². The van der Waals surface area contributed by atoms with Gasteiger partial charge >= 0.3 is 0 Å². The number of halogens is 2. The fourth-order valence-corrected chi connectivity index (χ4v) is 5.38. The molecule has 2 aromatic rings. The Kier molecular flexibility index (Phi) is 5.49. The predicted octanol–water partition coefficient (Wildman–Crippen LogP) is 3.15. The maximum Gasteiger partial charge on any atom is 0.248 e. The van der Waals surface area contributed by atoms with Gasteiger partial charge in [-0.05, 0) is 43.7 Å². The van der Waals surface area contributed by atoms with Crippen molar-refractivity contribution in [1.29, 1.82) is 5.26 Å². The van der Waals surface area contributed by atoms with Crippen molar-refractivity contribution < 1.29 is 18.3 Å². The lowest BCUT2D eigenvalue weighted by Crippen LogP contribution is -2.57.